The number of aliphatic hydroxyl groups is 1. The number of methoxy groups -OCH3 is 5. The van der Waals surface area contributed by atoms with E-state index in [1.165, 1.54) is 41.6 Å². The second kappa shape index (κ2) is 8.04. The molecular formula is C20H24O9. The highest BCUT2D eigenvalue weighted by Crippen LogP contribution is 2.55. The molecule has 9 nitrogen and oxygen atoms in total. The average Bonchev–Trinajstić information content (AvgIpc) is 2.73. The molecule has 0 radical (unpaired) electrons. The number of hydrogen-bond acceptors (Lipinski definition) is 9. The summed E-state index contributed by atoms with van der Waals surface area (Å²) in [6.07, 6.45) is -1.10. The number of phenols is 2. The van der Waals surface area contributed by atoms with Crippen LogP contribution in [-0.4, -0.2) is 57.5 Å². The molecule has 1 aliphatic rings. The van der Waals surface area contributed by atoms with Crippen molar-refractivity contribution in [2.24, 2.45) is 0 Å². The van der Waals surface area contributed by atoms with Crippen molar-refractivity contribution in [2.45, 2.75) is 12.0 Å². The van der Waals surface area contributed by atoms with Gasteiger partial charge in [-0.2, -0.15) is 0 Å². The molecular weight excluding hydrogens is 384 g/mol. The molecule has 3 rings (SSSR count). The summed E-state index contributed by atoms with van der Waals surface area (Å²) in [5.74, 6) is 0.0502. The molecule has 0 spiro atoms. The quantitative estimate of drug-likeness (QED) is 0.619. The maximum Gasteiger partial charge on any atom is 0.207 e. The van der Waals surface area contributed by atoms with E-state index in [2.05, 4.69) is 0 Å². The predicted octanol–water partition coefficient (Wildman–Crippen LogP) is 2.35. The van der Waals surface area contributed by atoms with Crippen molar-refractivity contribution in [1.29, 1.82) is 0 Å². The first kappa shape index (κ1) is 20.5. The molecule has 1 unspecified atom stereocenters. The molecule has 0 fully saturated rings. The average molecular weight is 408 g/mol. The van der Waals surface area contributed by atoms with E-state index < -0.39 is 12.0 Å². The highest BCUT2D eigenvalue weighted by Gasteiger charge is 2.38. The normalized spacial score (nSPS) is 17.7. The number of fused-ring (bicyclic) bond motifs is 1. The Balaban J connectivity index is 2.14. The molecule has 0 amide bonds. The molecule has 0 aromatic heterocycles. The summed E-state index contributed by atoms with van der Waals surface area (Å²) in [6.45, 7) is 0.00247. The lowest BCUT2D eigenvalue weighted by molar-refractivity contribution is 0.0842. The maximum absolute atomic E-state index is 11.1. The molecule has 0 aliphatic carbocycles. The zero-order valence-electron chi connectivity index (χ0n) is 16.8. The van der Waals surface area contributed by atoms with E-state index in [1.807, 2.05) is 0 Å². The summed E-state index contributed by atoms with van der Waals surface area (Å²) < 4.78 is 32.2. The van der Waals surface area contributed by atoms with Gasteiger partial charge in [0.05, 0.1) is 54.2 Å². The van der Waals surface area contributed by atoms with Crippen molar-refractivity contribution in [3.05, 3.63) is 23.3 Å². The van der Waals surface area contributed by atoms with Crippen molar-refractivity contribution >= 4 is 0 Å². The van der Waals surface area contributed by atoms with Gasteiger partial charge in [-0.3, -0.25) is 0 Å². The van der Waals surface area contributed by atoms with Crippen LogP contribution in [0.4, 0.5) is 0 Å². The van der Waals surface area contributed by atoms with Crippen molar-refractivity contribution in [3.63, 3.8) is 0 Å². The first-order chi connectivity index (χ1) is 13.9. The molecule has 2 aromatic rings. The third kappa shape index (κ3) is 3.17. The van der Waals surface area contributed by atoms with Crippen LogP contribution in [0.15, 0.2) is 12.1 Å². The van der Waals surface area contributed by atoms with Gasteiger partial charge in [-0.1, -0.05) is 0 Å². The van der Waals surface area contributed by atoms with Gasteiger partial charge in [-0.05, 0) is 12.1 Å². The predicted molar refractivity (Wildman–Crippen MR) is 102 cm³/mol. The van der Waals surface area contributed by atoms with Gasteiger partial charge >= 0.3 is 0 Å². The largest absolute Gasteiger partial charge is 0.504 e. The highest BCUT2D eigenvalue weighted by atomic mass is 16.5. The molecule has 0 saturated heterocycles. The zero-order chi connectivity index (χ0) is 21.3. The van der Waals surface area contributed by atoms with E-state index in [4.69, 9.17) is 28.4 Å². The number of ether oxygens (including phenoxy) is 6. The minimum Gasteiger partial charge on any atom is -0.504 e. The van der Waals surface area contributed by atoms with Crippen LogP contribution in [0.3, 0.4) is 0 Å². The molecule has 3 N–H and O–H groups in total. The maximum atomic E-state index is 11.1. The van der Waals surface area contributed by atoms with Gasteiger partial charge in [0.2, 0.25) is 23.0 Å². The van der Waals surface area contributed by atoms with E-state index in [-0.39, 0.29) is 35.2 Å². The van der Waals surface area contributed by atoms with Crippen molar-refractivity contribution in [1.82, 2.24) is 0 Å². The van der Waals surface area contributed by atoms with Gasteiger partial charge in [-0.15, -0.1) is 0 Å². The molecule has 0 saturated carbocycles. The number of rotatable bonds is 6. The molecule has 1 heterocycles. The van der Waals surface area contributed by atoms with Crippen LogP contribution >= 0.6 is 0 Å². The Labute approximate surface area is 167 Å². The van der Waals surface area contributed by atoms with Gasteiger partial charge in [0.1, 0.15) is 0 Å². The molecule has 158 valence electrons. The van der Waals surface area contributed by atoms with Gasteiger partial charge < -0.3 is 43.7 Å². The fraction of sp³-hybridized carbons (Fsp3) is 0.400. The Bertz CT molecular complexity index is 910. The first-order valence-electron chi connectivity index (χ1n) is 8.73. The minimum atomic E-state index is -1.10. The number of benzene rings is 2. The second-order valence-corrected chi connectivity index (χ2v) is 6.33. The van der Waals surface area contributed by atoms with Crippen LogP contribution < -0.4 is 28.4 Å². The Morgan fingerprint density at radius 2 is 1.41 bits per heavy atom. The van der Waals surface area contributed by atoms with Crippen LogP contribution in [0, 0.1) is 0 Å². The number of hydrogen-bond donors (Lipinski definition) is 3. The minimum absolute atomic E-state index is 0.00247. The van der Waals surface area contributed by atoms with E-state index in [9.17, 15) is 15.3 Å². The lowest BCUT2D eigenvalue weighted by Gasteiger charge is -2.33. The number of aromatic hydroxyl groups is 2. The molecule has 2 aromatic carbocycles. The van der Waals surface area contributed by atoms with E-state index in [0.29, 0.717) is 28.6 Å². The monoisotopic (exact) mass is 408 g/mol. The fourth-order valence-electron chi connectivity index (χ4n) is 3.56. The Hall–Kier alpha value is -3.20. The standard InChI is InChI=1S/C20H24O9/c1-24-13-7-10-14(22)11(8-29-16(10)20(28-5)18(13)26-3)9-6-12(21)17(25-2)19(27-4)15(9)23/h6-7,11,14,21-23H,8H2,1-5H3/t11?,14-/m0/s1. The highest BCUT2D eigenvalue weighted by molar-refractivity contribution is 5.66. The second-order valence-electron chi connectivity index (χ2n) is 6.33. The summed E-state index contributed by atoms with van der Waals surface area (Å²) in [5, 5.41) is 32.0. The van der Waals surface area contributed by atoms with Crippen LogP contribution in [0.25, 0.3) is 0 Å². The topological polar surface area (TPSA) is 116 Å². The van der Waals surface area contributed by atoms with Gasteiger partial charge in [0, 0.05) is 11.1 Å². The Kier molecular flexibility index (Phi) is 5.69. The third-order valence-electron chi connectivity index (χ3n) is 4.95. The van der Waals surface area contributed by atoms with Crippen molar-refractivity contribution in [2.75, 3.05) is 42.2 Å². The lowest BCUT2D eigenvalue weighted by Crippen LogP contribution is -2.25. The number of phenolic OH excluding ortho intramolecular Hbond substituents is 2. The lowest BCUT2D eigenvalue weighted by atomic mass is 9.86. The summed E-state index contributed by atoms with van der Waals surface area (Å²) in [5.41, 5.74) is 0.636. The van der Waals surface area contributed by atoms with Crippen molar-refractivity contribution in [3.8, 4) is 46.0 Å². The van der Waals surface area contributed by atoms with E-state index in [0.717, 1.165) is 0 Å². The van der Waals surface area contributed by atoms with Crippen molar-refractivity contribution < 1.29 is 43.7 Å². The molecule has 0 bridgehead atoms. The summed E-state index contributed by atoms with van der Waals surface area (Å²) in [6, 6.07) is 2.90. The molecule has 2 atom stereocenters. The van der Waals surface area contributed by atoms with E-state index >= 15 is 0 Å². The summed E-state index contributed by atoms with van der Waals surface area (Å²) in [4.78, 5) is 0. The third-order valence-corrected chi connectivity index (χ3v) is 4.95. The Morgan fingerprint density at radius 3 is 1.97 bits per heavy atom. The zero-order valence-corrected chi connectivity index (χ0v) is 16.8. The smallest absolute Gasteiger partial charge is 0.207 e. The molecule has 1 aliphatic heterocycles. The van der Waals surface area contributed by atoms with Crippen LogP contribution in [0.2, 0.25) is 0 Å². The first-order valence-corrected chi connectivity index (χ1v) is 8.73. The van der Waals surface area contributed by atoms with Crippen LogP contribution in [0.5, 0.6) is 46.0 Å². The van der Waals surface area contributed by atoms with Crippen LogP contribution in [0.1, 0.15) is 23.1 Å². The Morgan fingerprint density at radius 1 is 0.793 bits per heavy atom. The van der Waals surface area contributed by atoms with Gasteiger partial charge in [-0.25, -0.2) is 0 Å². The molecule has 9 heteroatoms. The van der Waals surface area contributed by atoms with Gasteiger partial charge in [0.15, 0.2) is 23.0 Å². The fourth-order valence-corrected chi connectivity index (χ4v) is 3.56. The number of aliphatic hydroxyl groups excluding tert-OH is 1. The van der Waals surface area contributed by atoms with E-state index in [1.54, 1.807) is 6.07 Å². The SMILES string of the molecule is COc1cc2c(c(OC)c1OC)OCC(c1cc(O)c(OC)c(OC)c1O)[C@H]2O. The summed E-state index contributed by atoms with van der Waals surface area (Å²) >= 11 is 0. The summed E-state index contributed by atoms with van der Waals surface area (Å²) in [7, 11) is 7.08. The van der Waals surface area contributed by atoms with Gasteiger partial charge in [0.25, 0.3) is 0 Å². The van der Waals surface area contributed by atoms with Crippen LogP contribution in [-0.2, 0) is 0 Å². The molecule has 29 heavy (non-hydrogen) atoms.